The first-order valence-corrected chi connectivity index (χ1v) is 10.8. The van der Waals surface area contributed by atoms with Crippen molar-refractivity contribution >= 4 is 33.4 Å². The van der Waals surface area contributed by atoms with Gasteiger partial charge in [0, 0.05) is 66.5 Å². The van der Waals surface area contributed by atoms with Crippen LogP contribution in [0.25, 0.3) is 21.7 Å². The summed E-state index contributed by atoms with van der Waals surface area (Å²) in [4.78, 5) is 35.3. The van der Waals surface area contributed by atoms with E-state index in [9.17, 15) is 4.79 Å². The Labute approximate surface area is 186 Å². The number of carbonyl (C=O) groups excluding carboxylic acids is 1. The number of carbonyl (C=O) groups is 1. The number of fused-ring (bicyclic) bond motifs is 3. The Morgan fingerprint density at radius 2 is 1.84 bits per heavy atom. The van der Waals surface area contributed by atoms with Crippen molar-refractivity contribution in [1.82, 2.24) is 30.2 Å². The Kier molecular flexibility index (Phi) is 5.36. The molecule has 0 bridgehead atoms. The number of piperazine rings is 1. The van der Waals surface area contributed by atoms with Gasteiger partial charge in [0.2, 0.25) is 0 Å². The quantitative estimate of drug-likeness (QED) is 0.501. The van der Waals surface area contributed by atoms with E-state index in [0.29, 0.717) is 12.1 Å². The second kappa shape index (κ2) is 8.47. The zero-order valence-electron chi connectivity index (χ0n) is 18.2. The highest BCUT2D eigenvalue weighted by atomic mass is 16.1. The number of nitrogens with zero attached hydrogens (tertiary/aromatic N) is 6. The van der Waals surface area contributed by atoms with Crippen molar-refractivity contribution in [1.29, 1.82) is 0 Å². The molecule has 0 atom stereocenters. The van der Waals surface area contributed by atoms with Crippen LogP contribution in [0.1, 0.15) is 21.7 Å². The molecule has 4 heterocycles. The summed E-state index contributed by atoms with van der Waals surface area (Å²) in [6.45, 7) is 6.04. The van der Waals surface area contributed by atoms with Gasteiger partial charge in [0.05, 0.1) is 29.6 Å². The molecule has 8 heteroatoms. The number of pyridine rings is 2. The van der Waals surface area contributed by atoms with Crippen molar-refractivity contribution in [3.8, 4) is 0 Å². The van der Waals surface area contributed by atoms with Crippen LogP contribution in [0.2, 0.25) is 0 Å². The summed E-state index contributed by atoms with van der Waals surface area (Å²) in [6, 6.07) is 7.68. The first kappa shape index (κ1) is 20.3. The fourth-order valence-electron chi connectivity index (χ4n) is 4.01. The van der Waals surface area contributed by atoms with E-state index in [1.54, 1.807) is 12.4 Å². The van der Waals surface area contributed by atoms with Crippen LogP contribution in [-0.2, 0) is 6.54 Å². The van der Waals surface area contributed by atoms with Crippen LogP contribution in [0.5, 0.6) is 0 Å². The minimum Gasteiger partial charge on any atom is -0.354 e. The summed E-state index contributed by atoms with van der Waals surface area (Å²) in [5, 5.41) is 6.05. The number of benzene rings is 1. The highest BCUT2D eigenvalue weighted by molar-refractivity contribution is 6.11. The maximum Gasteiger partial charge on any atom is 0.251 e. The van der Waals surface area contributed by atoms with Crippen LogP contribution in [0.3, 0.4) is 0 Å². The van der Waals surface area contributed by atoms with Crippen molar-refractivity contribution in [3.63, 3.8) is 0 Å². The number of nitrogens with one attached hydrogen (secondary N) is 1. The summed E-state index contributed by atoms with van der Waals surface area (Å²) in [5.41, 5.74) is 2.93. The highest BCUT2D eigenvalue weighted by Crippen LogP contribution is 2.31. The monoisotopic (exact) mass is 427 g/mol. The topological polar surface area (TPSA) is 87.1 Å². The average Bonchev–Trinajstić information content (AvgIpc) is 2.83. The van der Waals surface area contributed by atoms with Gasteiger partial charge in [0.15, 0.2) is 0 Å². The minimum atomic E-state index is -0.163. The van der Waals surface area contributed by atoms with Crippen LogP contribution in [0.4, 0.5) is 5.82 Å². The Hall–Kier alpha value is -3.65. The van der Waals surface area contributed by atoms with E-state index in [1.807, 2.05) is 43.6 Å². The molecule has 0 spiro atoms. The Balaban J connectivity index is 1.47. The minimum absolute atomic E-state index is 0.163. The molecule has 0 unspecified atom stereocenters. The molecule has 1 N–H and O–H groups in total. The Morgan fingerprint density at radius 1 is 1.00 bits per heavy atom. The SMILES string of the molecule is Cc1cnc(CNC(=O)c2ccc3c(c2)nc(N2CCN(C)CC2)c2ccncc23)cn1. The lowest BCUT2D eigenvalue weighted by atomic mass is 10.0. The molecule has 0 radical (unpaired) electrons. The van der Waals surface area contributed by atoms with Crippen LogP contribution in [-0.4, -0.2) is 64.0 Å². The lowest BCUT2D eigenvalue weighted by molar-refractivity contribution is 0.0950. The van der Waals surface area contributed by atoms with Gasteiger partial charge in [-0.2, -0.15) is 0 Å². The number of amides is 1. The molecule has 32 heavy (non-hydrogen) atoms. The third-order valence-corrected chi connectivity index (χ3v) is 5.91. The van der Waals surface area contributed by atoms with Gasteiger partial charge in [-0.15, -0.1) is 0 Å². The first-order chi connectivity index (χ1) is 15.6. The average molecular weight is 428 g/mol. The number of hydrogen-bond donors (Lipinski definition) is 1. The lowest BCUT2D eigenvalue weighted by Gasteiger charge is -2.34. The molecule has 1 aliphatic rings. The molecule has 1 saturated heterocycles. The Morgan fingerprint density at radius 3 is 2.62 bits per heavy atom. The van der Waals surface area contributed by atoms with E-state index in [-0.39, 0.29) is 5.91 Å². The van der Waals surface area contributed by atoms with Gasteiger partial charge in [0.25, 0.3) is 5.91 Å². The first-order valence-electron chi connectivity index (χ1n) is 10.8. The second-order valence-corrected chi connectivity index (χ2v) is 8.21. The van der Waals surface area contributed by atoms with Crippen molar-refractivity contribution in [3.05, 3.63) is 66.0 Å². The number of aromatic nitrogens is 4. The lowest BCUT2D eigenvalue weighted by Crippen LogP contribution is -2.44. The fraction of sp³-hybridized carbons (Fsp3) is 0.292. The maximum atomic E-state index is 12.8. The summed E-state index contributed by atoms with van der Waals surface area (Å²) in [7, 11) is 2.14. The predicted molar refractivity (Wildman–Crippen MR) is 125 cm³/mol. The van der Waals surface area contributed by atoms with Crippen LogP contribution in [0.15, 0.2) is 49.1 Å². The number of rotatable bonds is 4. The molecule has 1 fully saturated rings. The molecule has 3 aromatic heterocycles. The summed E-state index contributed by atoms with van der Waals surface area (Å²) >= 11 is 0. The van der Waals surface area contributed by atoms with E-state index in [0.717, 1.165) is 65.1 Å². The van der Waals surface area contributed by atoms with Gasteiger partial charge in [-0.1, -0.05) is 6.07 Å². The molecule has 1 amide bonds. The third-order valence-electron chi connectivity index (χ3n) is 5.91. The second-order valence-electron chi connectivity index (χ2n) is 8.21. The molecule has 8 nitrogen and oxygen atoms in total. The van der Waals surface area contributed by atoms with Gasteiger partial charge in [-0.05, 0) is 32.2 Å². The standard InChI is InChI=1S/C24H25N7O/c1-16-12-27-18(13-26-16)14-28-24(32)17-3-4-19-21-15-25-6-5-20(21)23(29-22(19)11-17)31-9-7-30(2)8-10-31/h3-6,11-13,15H,7-10,14H2,1-2H3,(H,28,32). The smallest absolute Gasteiger partial charge is 0.251 e. The summed E-state index contributed by atoms with van der Waals surface area (Å²) in [6.07, 6.45) is 7.07. The van der Waals surface area contributed by atoms with E-state index < -0.39 is 0 Å². The molecule has 162 valence electrons. The largest absolute Gasteiger partial charge is 0.354 e. The third kappa shape index (κ3) is 3.97. The predicted octanol–water partition coefficient (Wildman–Crippen LogP) is 2.56. The fourth-order valence-corrected chi connectivity index (χ4v) is 4.01. The van der Waals surface area contributed by atoms with Crippen LogP contribution >= 0.6 is 0 Å². The van der Waals surface area contributed by atoms with Crippen molar-refractivity contribution in [2.45, 2.75) is 13.5 Å². The summed E-state index contributed by atoms with van der Waals surface area (Å²) < 4.78 is 0. The zero-order chi connectivity index (χ0) is 22.1. The van der Waals surface area contributed by atoms with Crippen molar-refractivity contribution in [2.24, 2.45) is 0 Å². The van der Waals surface area contributed by atoms with Gasteiger partial charge in [0.1, 0.15) is 5.82 Å². The molecule has 4 aromatic rings. The van der Waals surface area contributed by atoms with Crippen molar-refractivity contribution < 1.29 is 4.79 Å². The molecule has 1 aromatic carbocycles. The van der Waals surface area contributed by atoms with Crippen molar-refractivity contribution in [2.75, 3.05) is 38.1 Å². The van der Waals surface area contributed by atoms with Gasteiger partial charge in [-0.3, -0.25) is 19.7 Å². The molecule has 0 aliphatic carbocycles. The van der Waals surface area contributed by atoms with Gasteiger partial charge < -0.3 is 15.1 Å². The molecular weight excluding hydrogens is 402 g/mol. The van der Waals surface area contributed by atoms with E-state index in [2.05, 4.69) is 37.1 Å². The normalized spacial score (nSPS) is 14.8. The van der Waals surface area contributed by atoms with Crippen LogP contribution < -0.4 is 10.2 Å². The summed E-state index contributed by atoms with van der Waals surface area (Å²) in [5.74, 6) is 0.791. The van der Waals surface area contributed by atoms with Gasteiger partial charge in [-0.25, -0.2) is 4.98 Å². The number of hydrogen-bond acceptors (Lipinski definition) is 7. The number of anilines is 1. The molecular formula is C24H25N7O. The van der Waals surface area contributed by atoms with Gasteiger partial charge >= 0.3 is 0 Å². The van der Waals surface area contributed by atoms with E-state index in [1.165, 1.54) is 0 Å². The molecule has 5 rings (SSSR count). The maximum absolute atomic E-state index is 12.8. The van der Waals surface area contributed by atoms with Crippen LogP contribution in [0, 0.1) is 6.92 Å². The molecule has 0 saturated carbocycles. The number of likely N-dealkylation sites (N-methyl/N-ethyl adjacent to an activating group) is 1. The van der Waals surface area contributed by atoms with E-state index in [4.69, 9.17) is 4.98 Å². The number of aryl methyl sites for hydroxylation is 1. The zero-order valence-corrected chi connectivity index (χ0v) is 18.2. The Bertz CT molecular complexity index is 1280. The van der Waals surface area contributed by atoms with E-state index >= 15 is 0 Å². The highest BCUT2D eigenvalue weighted by Gasteiger charge is 2.19. The molecule has 1 aliphatic heterocycles.